The lowest BCUT2D eigenvalue weighted by Gasteiger charge is -2.09. The first kappa shape index (κ1) is 23.0. The quantitative estimate of drug-likeness (QED) is 0.500. The van der Waals surface area contributed by atoms with E-state index in [-0.39, 0.29) is 22.0 Å². The van der Waals surface area contributed by atoms with Crippen LogP contribution >= 0.6 is 11.3 Å². The van der Waals surface area contributed by atoms with E-state index in [1.165, 1.54) is 0 Å². The Labute approximate surface area is 188 Å². The minimum Gasteiger partial charge on any atom is -0.462 e. The number of nitrogens with two attached hydrogens (primary N) is 1. The number of carbonyl (C=O) groups is 4. The number of nitrogens with zero attached hydrogens (tertiary/aromatic N) is 1. The van der Waals surface area contributed by atoms with E-state index in [4.69, 9.17) is 15.2 Å². The number of aromatic nitrogens is 1. The fraction of sp³-hybridized carbons (Fsp3) is 0.273. The number of benzene rings is 1. The number of carbonyl (C=O) groups excluding carboxylic acids is 4. The number of aryl methyl sites for hydroxylation is 1. The van der Waals surface area contributed by atoms with Crippen molar-refractivity contribution in [3.05, 3.63) is 52.0 Å². The van der Waals surface area contributed by atoms with Crippen LogP contribution in [0.3, 0.4) is 0 Å². The minimum absolute atomic E-state index is 0.0523. The Balaban J connectivity index is 1.75. The highest BCUT2D eigenvalue weighted by atomic mass is 32.1. The van der Waals surface area contributed by atoms with Crippen molar-refractivity contribution in [3.8, 4) is 0 Å². The highest BCUT2D eigenvalue weighted by Crippen LogP contribution is 2.33. The molecule has 0 fully saturated rings. The predicted octanol–water partition coefficient (Wildman–Crippen LogP) is 3.10. The molecule has 2 aromatic heterocycles. The zero-order valence-corrected chi connectivity index (χ0v) is 18.7. The van der Waals surface area contributed by atoms with Gasteiger partial charge in [0.25, 0.3) is 11.8 Å². The van der Waals surface area contributed by atoms with Crippen LogP contribution in [0, 0.1) is 6.92 Å². The van der Waals surface area contributed by atoms with E-state index >= 15 is 0 Å². The Bertz CT molecular complexity index is 1210. The molecule has 2 heterocycles. The van der Waals surface area contributed by atoms with Gasteiger partial charge >= 0.3 is 11.9 Å². The fourth-order valence-corrected chi connectivity index (χ4v) is 4.44. The van der Waals surface area contributed by atoms with Crippen LogP contribution in [0.15, 0.2) is 30.3 Å². The number of hydrogen-bond donors (Lipinski definition) is 2. The van der Waals surface area contributed by atoms with E-state index in [0.717, 1.165) is 22.2 Å². The molecule has 0 atom stereocenters. The van der Waals surface area contributed by atoms with Crippen molar-refractivity contribution in [1.82, 2.24) is 4.57 Å². The molecule has 3 aromatic rings. The molecule has 0 saturated heterocycles. The summed E-state index contributed by atoms with van der Waals surface area (Å²) in [6, 6.07) is 9.24. The summed E-state index contributed by atoms with van der Waals surface area (Å²) in [5.41, 5.74) is 6.95. The van der Waals surface area contributed by atoms with Crippen molar-refractivity contribution in [1.29, 1.82) is 0 Å². The van der Waals surface area contributed by atoms with Crippen LogP contribution in [0.2, 0.25) is 0 Å². The molecule has 9 nitrogen and oxygen atoms in total. The molecule has 2 amide bonds. The van der Waals surface area contributed by atoms with Crippen LogP contribution in [0.4, 0.5) is 5.00 Å². The minimum atomic E-state index is -0.725. The van der Waals surface area contributed by atoms with Gasteiger partial charge in [-0.05, 0) is 38.5 Å². The molecule has 168 valence electrons. The van der Waals surface area contributed by atoms with Gasteiger partial charge in [0.15, 0.2) is 6.61 Å². The summed E-state index contributed by atoms with van der Waals surface area (Å²) in [6.45, 7) is 5.19. The largest absolute Gasteiger partial charge is 0.462 e. The second-order valence-electron chi connectivity index (χ2n) is 6.80. The summed E-state index contributed by atoms with van der Waals surface area (Å²) >= 11 is 0.865. The molecule has 0 radical (unpaired) electrons. The first-order chi connectivity index (χ1) is 15.3. The highest BCUT2D eigenvalue weighted by Gasteiger charge is 2.26. The van der Waals surface area contributed by atoms with Gasteiger partial charge in [0, 0.05) is 17.4 Å². The maximum atomic E-state index is 12.6. The molecule has 0 aliphatic heterocycles. The van der Waals surface area contributed by atoms with Gasteiger partial charge in [0.05, 0.1) is 17.0 Å². The van der Waals surface area contributed by atoms with Crippen molar-refractivity contribution >= 4 is 51.0 Å². The lowest BCUT2D eigenvalue weighted by molar-refractivity contribution is -0.119. The molecule has 10 heteroatoms. The first-order valence-electron chi connectivity index (χ1n) is 9.93. The van der Waals surface area contributed by atoms with Gasteiger partial charge in [-0.2, -0.15) is 0 Å². The van der Waals surface area contributed by atoms with E-state index in [1.54, 1.807) is 24.5 Å². The molecule has 0 aliphatic carbocycles. The number of ether oxygens (including phenoxy) is 2. The Kier molecular flexibility index (Phi) is 6.94. The lowest BCUT2D eigenvalue weighted by atomic mass is 10.1. The number of rotatable bonds is 8. The van der Waals surface area contributed by atoms with Crippen LogP contribution in [0.25, 0.3) is 10.9 Å². The number of hydrogen-bond acceptors (Lipinski definition) is 7. The number of nitrogens with one attached hydrogen (secondary N) is 1. The molecule has 0 unspecified atom stereocenters. The number of fused-ring (bicyclic) bond motifs is 1. The van der Waals surface area contributed by atoms with Gasteiger partial charge in [0.1, 0.15) is 10.7 Å². The van der Waals surface area contributed by atoms with Gasteiger partial charge in [-0.25, -0.2) is 9.59 Å². The molecule has 0 aliphatic rings. The Hall–Kier alpha value is -3.66. The summed E-state index contributed by atoms with van der Waals surface area (Å²) in [5, 5.41) is 3.51. The number of para-hydroxylation sites is 1. The van der Waals surface area contributed by atoms with E-state index in [0.29, 0.717) is 17.8 Å². The van der Waals surface area contributed by atoms with E-state index in [2.05, 4.69) is 5.32 Å². The maximum Gasteiger partial charge on any atom is 0.355 e. The summed E-state index contributed by atoms with van der Waals surface area (Å²) < 4.78 is 12.0. The summed E-state index contributed by atoms with van der Waals surface area (Å²) in [7, 11) is 0. The Morgan fingerprint density at radius 1 is 1.09 bits per heavy atom. The van der Waals surface area contributed by atoms with Crippen molar-refractivity contribution in [2.75, 3.05) is 18.5 Å². The number of esters is 2. The third-order valence-corrected chi connectivity index (χ3v) is 6.00. The smallest absolute Gasteiger partial charge is 0.355 e. The van der Waals surface area contributed by atoms with Crippen molar-refractivity contribution in [2.45, 2.75) is 27.3 Å². The standard InChI is InChI=1S/C22H23N3O6S/c1-4-25-14-9-7-6-8-13(14)10-15(25)21(28)31-11-16(26)24-20-17(22(29)30-5-2)12(3)18(32-20)19(23)27/h6-10H,4-5,11H2,1-3H3,(H2,23,27)(H,24,26). The van der Waals surface area contributed by atoms with Crippen LogP contribution in [-0.2, 0) is 20.8 Å². The maximum absolute atomic E-state index is 12.6. The summed E-state index contributed by atoms with van der Waals surface area (Å²) in [4.78, 5) is 49.1. The van der Waals surface area contributed by atoms with Crippen LogP contribution in [-0.4, -0.2) is 41.5 Å². The molecule has 32 heavy (non-hydrogen) atoms. The van der Waals surface area contributed by atoms with Crippen molar-refractivity contribution in [2.24, 2.45) is 5.73 Å². The number of amides is 2. The molecule has 0 saturated carbocycles. The normalized spacial score (nSPS) is 10.7. The molecular weight excluding hydrogens is 434 g/mol. The zero-order valence-electron chi connectivity index (χ0n) is 17.9. The second kappa shape index (κ2) is 9.65. The van der Waals surface area contributed by atoms with Crippen molar-refractivity contribution < 1.29 is 28.7 Å². The van der Waals surface area contributed by atoms with E-state index in [1.807, 2.05) is 31.2 Å². The van der Waals surface area contributed by atoms with Gasteiger partial charge < -0.3 is 25.1 Å². The van der Waals surface area contributed by atoms with Crippen molar-refractivity contribution in [3.63, 3.8) is 0 Å². The Morgan fingerprint density at radius 2 is 1.81 bits per heavy atom. The fourth-order valence-electron chi connectivity index (χ4n) is 3.37. The number of primary amides is 1. The molecule has 3 rings (SSSR count). The van der Waals surface area contributed by atoms with Crippen LogP contribution in [0.1, 0.15) is 49.9 Å². The monoisotopic (exact) mass is 457 g/mol. The number of anilines is 1. The SMILES string of the molecule is CCOC(=O)c1c(NC(=O)COC(=O)c2cc3ccccc3n2CC)sc(C(N)=O)c1C. The number of thiophene rings is 1. The third-order valence-electron chi connectivity index (χ3n) is 4.77. The molecular formula is C22H23N3O6S. The molecule has 0 spiro atoms. The van der Waals surface area contributed by atoms with Crippen LogP contribution < -0.4 is 11.1 Å². The summed E-state index contributed by atoms with van der Waals surface area (Å²) in [5.74, 6) is -2.73. The van der Waals surface area contributed by atoms with Gasteiger partial charge in [-0.15, -0.1) is 11.3 Å². The average Bonchev–Trinajstić information content (AvgIpc) is 3.29. The summed E-state index contributed by atoms with van der Waals surface area (Å²) in [6.07, 6.45) is 0. The van der Waals surface area contributed by atoms with Gasteiger partial charge in [0.2, 0.25) is 0 Å². The zero-order chi connectivity index (χ0) is 23.4. The topological polar surface area (TPSA) is 130 Å². The van der Waals surface area contributed by atoms with Crippen LogP contribution in [0.5, 0.6) is 0 Å². The molecule has 0 bridgehead atoms. The second-order valence-corrected chi connectivity index (χ2v) is 7.82. The predicted molar refractivity (Wildman–Crippen MR) is 120 cm³/mol. The first-order valence-corrected chi connectivity index (χ1v) is 10.8. The Morgan fingerprint density at radius 3 is 2.47 bits per heavy atom. The van der Waals surface area contributed by atoms with E-state index in [9.17, 15) is 19.2 Å². The average molecular weight is 458 g/mol. The van der Waals surface area contributed by atoms with E-state index < -0.39 is 30.4 Å². The van der Waals surface area contributed by atoms with Gasteiger partial charge in [-0.1, -0.05) is 18.2 Å². The van der Waals surface area contributed by atoms with Gasteiger partial charge in [-0.3, -0.25) is 9.59 Å². The molecule has 3 N–H and O–H groups in total. The highest BCUT2D eigenvalue weighted by molar-refractivity contribution is 7.18. The third kappa shape index (κ3) is 4.50. The lowest BCUT2D eigenvalue weighted by Crippen LogP contribution is -2.22. The molecule has 1 aromatic carbocycles.